The van der Waals surface area contributed by atoms with Gasteiger partial charge in [0.2, 0.25) is 0 Å². The summed E-state index contributed by atoms with van der Waals surface area (Å²) < 4.78 is 10.4. The third-order valence-corrected chi connectivity index (χ3v) is 4.58. The van der Waals surface area contributed by atoms with Crippen molar-refractivity contribution in [3.63, 3.8) is 0 Å². The summed E-state index contributed by atoms with van der Waals surface area (Å²) in [4.78, 5) is 23.9. The number of nitrogens with one attached hydrogen (secondary N) is 1. The molecule has 0 aliphatic rings. The van der Waals surface area contributed by atoms with Gasteiger partial charge in [-0.05, 0) is 67.1 Å². The van der Waals surface area contributed by atoms with E-state index in [4.69, 9.17) is 21.1 Å². The van der Waals surface area contributed by atoms with Crippen LogP contribution in [-0.4, -0.2) is 25.1 Å². The molecule has 2 aromatic rings. The molecule has 0 aliphatic heterocycles. The number of aryl methyl sites for hydroxylation is 3. The Balaban J connectivity index is 1.83. The summed E-state index contributed by atoms with van der Waals surface area (Å²) in [5, 5.41) is 3.12. The van der Waals surface area contributed by atoms with E-state index in [1.54, 1.807) is 6.07 Å². The standard InChI is InChI=1S/C22H26ClNO4/c1-13(2)18-7-6-17(10-15(18)4)27-12-21(26)28-11-20(25)24-22-16(5)8-14(3)9-19(22)23/h6-10,13H,11-12H2,1-5H3,(H,24,25). The molecule has 0 unspecified atom stereocenters. The van der Waals surface area contributed by atoms with Crippen molar-refractivity contribution < 1.29 is 19.1 Å². The number of ether oxygens (including phenoxy) is 2. The van der Waals surface area contributed by atoms with Crippen molar-refractivity contribution in [3.8, 4) is 5.75 Å². The molecule has 1 N–H and O–H groups in total. The molecule has 0 fully saturated rings. The van der Waals surface area contributed by atoms with Gasteiger partial charge >= 0.3 is 5.97 Å². The fraction of sp³-hybridized carbons (Fsp3) is 0.364. The number of amides is 1. The van der Waals surface area contributed by atoms with Crippen LogP contribution in [0.2, 0.25) is 5.02 Å². The third-order valence-electron chi connectivity index (χ3n) is 4.28. The Bertz CT molecular complexity index is 854. The Morgan fingerprint density at radius 1 is 1.04 bits per heavy atom. The van der Waals surface area contributed by atoms with Gasteiger partial charge in [-0.1, -0.05) is 37.6 Å². The summed E-state index contributed by atoms with van der Waals surface area (Å²) >= 11 is 6.16. The molecule has 6 heteroatoms. The van der Waals surface area contributed by atoms with E-state index in [-0.39, 0.29) is 6.61 Å². The highest BCUT2D eigenvalue weighted by Crippen LogP contribution is 2.27. The number of rotatable bonds is 7. The van der Waals surface area contributed by atoms with Crippen LogP contribution in [0, 0.1) is 20.8 Å². The number of anilines is 1. The maximum absolute atomic E-state index is 12.0. The zero-order valence-corrected chi connectivity index (χ0v) is 17.6. The molecule has 0 saturated carbocycles. The van der Waals surface area contributed by atoms with Crippen molar-refractivity contribution in [1.82, 2.24) is 0 Å². The van der Waals surface area contributed by atoms with Gasteiger partial charge in [0.25, 0.3) is 5.91 Å². The van der Waals surface area contributed by atoms with E-state index in [0.29, 0.717) is 22.4 Å². The summed E-state index contributed by atoms with van der Waals surface area (Å²) in [5.41, 5.74) is 4.70. The molecular weight excluding hydrogens is 378 g/mol. The van der Waals surface area contributed by atoms with Gasteiger partial charge in [-0.3, -0.25) is 4.79 Å². The molecule has 2 aromatic carbocycles. The first-order valence-electron chi connectivity index (χ1n) is 9.13. The fourth-order valence-electron chi connectivity index (χ4n) is 2.97. The summed E-state index contributed by atoms with van der Waals surface area (Å²) in [5.74, 6) is -0.0691. The van der Waals surface area contributed by atoms with Crippen LogP contribution < -0.4 is 10.1 Å². The molecular formula is C22H26ClNO4. The van der Waals surface area contributed by atoms with Crippen LogP contribution in [0.15, 0.2) is 30.3 Å². The summed E-state index contributed by atoms with van der Waals surface area (Å²) in [6.45, 7) is 9.34. The molecule has 0 aliphatic carbocycles. The van der Waals surface area contributed by atoms with Gasteiger partial charge in [-0.25, -0.2) is 4.79 Å². The van der Waals surface area contributed by atoms with Gasteiger partial charge in [0.1, 0.15) is 5.75 Å². The quantitative estimate of drug-likeness (QED) is 0.664. The highest BCUT2D eigenvalue weighted by molar-refractivity contribution is 6.34. The van der Waals surface area contributed by atoms with E-state index >= 15 is 0 Å². The SMILES string of the molecule is Cc1cc(C)c(NC(=O)COC(=O)COc2ccc(C(C)C)c(C)c2)c(Cl)c1. The predicted octanol–water partition coefficient (Wildman–Crippen LogP) is 4.95. The van der Waals surface area contributed by atoms with E-state index in [9.17, 15) is 9.59 Å². The maximum Gasteiger partial charge on any atom is 0.344 e. The average Bonchev–Trinajstić information content (AvgIpc) is 2.61. The van der Waals surface area contributed by atoms with E-state index in [1.165, 1.54) is 5.56 Å². The zero-order chi connectivity index (χ0) is 20.8. The van der Waals surface area contributed by atoms with Crippen LogP contribution in [0.5, 0.6) is 5.75 Å². The average molecular weight is 404 g/mol. The number of esters is 1. The lowest BCUT2D eigenvalue weighted by molar-refractivity contribution is -0.149. The van der Waals surface area contributed by atoms with Crippen molar-refractivity contribution in [2.75, 3.05) is 18.5 Å². The van der Waals surface area contributed by atoms with Gasteiger partial charge in [0.15, 0.2) is 13.2 Å². The van der Waals surface area contributed by atoms with E-state index in [1.807, 2.05) is 45.0 Å². The number of carbonyl (C=O) groups excluding carboxylic acids is 2. The lowest BCUT2D eigenvalue weighted by Crippen LogP contribution is -2.24. The molecule has 0 atom stereocenters. The minimum Gasteiger partial charge on any atom is -0.482 e. The Hall–Kier alpha value is -2.53. The second-order valence-corrected chi connectivity index (χ2v) is 7.52. The normalized spacial score (nSPS) is 10.7. The third kappa shape index (κ3) is 5.99. The highest BCUT2D eigenvalue weighted by Gasteiger charge is 2.13. The predicted molar refractivity (Wildman–Crippen MR) is 111 cm³/mol. The summed E-state index contributed by atoms with van der Waals surface area (Å²) in [7, 11) is 0. The molecule has 0 spiro atoms. The minimum absolute atomic E-state index is 0.266. The molecule has 28 heavy (non-hydrogen) atoms. The lowest BCUT2D eigenvalue weighted by atomic mass is 9.98. The largest absolute Gasteiger partial charge is 0.482 e. The molecule has 0 saturated heterocycles. The second-order valence-electron chi connectivity index (χ2n) is 7.11. The first-order valence-corrected chi connectivity index (χ1v) is 9.50. The highest BCUT2D eigenvalue weighted by atomic mass is 35.5. The molecule has 0 aromatic heterocycles. The van der Waals surface area contributed by atoms with Crippen LogP contribution in [0.1, 0.15) is 42.0 Å². The fourth-order valence-corrected chi connectivity index (χ4v) is 3.33. The molecule has 0 bridgehead atoms. The first-order chi connectivity index (χ1) is 13.2. The van der Waals surface area contributed by atoms with E-state index in [0.717, 1.165) is 16.7 Å². The van der Waals surface area contributed by atoms with Crippen LogP contribution in [0.3, 0.4) is 0 Å². The zero-order valence-electron chi connectivity index (χ0n) is 16.9. The molecule has 0 heterocycles. The molecule has 5 nitrogen and oxygen atoms in total. The van der Waals surface area contributed by atoms with Crippen molar-refractivity contribution in [3.05, 3.63) is 57.6 Å². The summed E-state index contributed by atoms with van der Waals surface area (Å²) in [6.07, 6.45) is 0. The molecule has 2 rings (SSSR count). The van der Waals surface area contributed by atoms with Gasteiger partial charge in [0.05, 0.1) is 10.7 Å². The number of halogens is 1. The molecule has 1 amide bonds. The number of hydrogen-bond acceptors (Lipinski definition) is 4. The smallest absolute Gasteiger partial charge is 0.344 e. The van der Waals surface area contributed by atoms with Gasteiger partial charge < -0.3 is 14.8 Å². The van der Waals surface area contributed by atoms with Crippen molar-refractivity contribution in [2.24, 2.45) is 0 Å². The van der Waals surface area contributed by atoms with Crippen LogP contribution in [-0.2, 0) is 14.3 Å². The van der Waals surface area contributed by atoms with Gasteiger partial charge in [-0.2, -0.15) is 0 Å². The Labute approximate surface area is 171 Å². The monoisotopic (exact) mass is 403 g/mol. The van der Waals surface area contributed by atoms with Crippen LogP contribution in [0.4, 0.5) is 5.69 Å². The van der Waals surface area contributed by atoms with Crippen molar-refractivity contribution >= 4 is 29.2 Å². The lowest BCUT2D eigenvalue weighted by Gasteiger charge is -2.13. The Morgan fingerprint density at radius 2 is 1.75 bits per heavy atom. The van der Waals surface area contributed by atoms with Crippen molar-refractivity contribution in [2.45, 2.75) is 40.5 Å². The molecule has 150 valence electrons. The van der Waals surface area contributed by atoms with Crippen LogP contribution in [0.25, 0.3) is 0 Å². The maximum atomic E-state index is 12.0. The number of benzene rings is 2. The Kier molecular flexibility index (Phi) is 7.46. The van der Waals surface area contributed by atoms with E-state index in [2.05, 4.69) is 19.2 Å². The van der Waals surface area contributed by atoms with Crippen molar-refractivity contribution in [1.29, 1.82) is 0 Å². The first kappa shape index (κ1) is 21.8. The summed E-state index contributed by atoms with van der Waals surface area (Å²) in [6, 6.07) is 9.37. The van der Waals surface area contributed by atoms with Crippen LogP contribution >= 0.6 is 11.6 Å². The second kappa shape index (κ2) is 9.60. The van der Waals surface area contributed by atoms with E-state index < -0.39 is 18.5 Å². The topological polar surface area (TPSA) is 64.6 Å². The molecule has 0 radical (unpaired) electrons. The number of hydrogen-bond donors (Lipinski definition) is 1. The van der Waals surface area contributed by atoms with Gasteiger partial charge in [0, 0.05) is 0 Å². The Morgan fingerprint density at radius 3 is 2.36 bits per heavy atom. The minimum atomic E-state index is -0.618. The number of carbonyl (C=O) groups is 2. The van der Waals surface area contributed by atoms with Gasteiger partial charge in [-0.15, -0.1) is 0 Å².